The van der Waals surface area contributed by atoms with E-state index < -0.39 is 19.8 Å². The summed E-state index contributed by atoms with van der Waals surface area (Å²) < 4.78 is 18.6. The summed E-state index contributed by atoms with van der Waals surface area (Å²) in [5.41, 5.74) is 0.662. The van der Waals surface area contributed by atoms with E-state index >= 15 is 0 Å². The molecule has 2 aromatic rings. The van der Waals surface area contributed by atoms with Gasteiger partial charge in [0.2, 0.25) is 0 Å². The van der Waals surface area contributed by atoms with Crippen LogP contribution in [0.5, 0.6) is 0 Å². The molecular formula is C14H12FNa2O7P. The molecule has 0 saturated carbocycles. The zero-order valence-electron chi connectivity index (χ0n) is 13.5. The maximum atomic E-state index is 10.2. The van der Waals surface area contributed by atoms with Gasteiger partial charge in [0.05, 0.1) is 11.1 Å². The normalized spacial score (nSPS) is 8.76. The topological polar surface area (TPSA) is 138 Å². The fourth-order valence-corrected chi connectivity index (χ4v) is 1.16. The van der Waals surface area contributed by atoms with Gasteiger partial charge in [0.15, 0.2) is 0 Å². The molecule has 0 fully saturated rings. The first-order chi connectivity index (χ1) is 10.6. The fourth-order valence-electron chi connectivity index (χ4n) is 1.16. The Labute approximate surface area is 187 Å². The van der Waals surface area contributed by atoms with Crippen LogP contribution in [0.4, 0.5) is 4.20 Å². The minimum atomic E-state index is -5.64. The van der Waals surface area contributed by atoms with E-state index in [1.54, 1.807) is 60.7 Å². The van der Waals surface area contributed by atoms with Crippen LogP contribution in [0, 0.1) is 0 Å². The van der Waals surface area contributed by atoms with Gasteiger partial charge in [0.1, 0.15) is 7.91 Å². The monoisotopic (exact) mass is 388 g/mol. The van der Waals surface area contributed by atoms with E-state index in [9.17, 15) is 13.8 Å². The summed E-state index contributed by atoms with van der Waals surface area (Å²) in [5.74, 6) is -1.76. The van der Waals surface area contributed by atoms with Crippen LogP contribution < -0.4 is 68.9 Å². The Balaban J connectivity index is -0.000000291. The van der Waals surface area contributed by atoms with Gasteiger partial charge in [-0.2, -0.15) is 0 Å². The number of aromatic carboxylic acids is 2. The predicted molar refractivity (Wildman–Crippen MR) is 75.5 cm³/mol. The zero-order chi connectivity index (χ0) is 17.9. The molecule has 0 atom stereocenters. The van der Waals surface area contributed by atoms with Gasteiger partial charge in [-0.3, -0.25) is 0 Å². The van der Waals surface area contributed by atoms with E-state index in [0.29, 0.717) is 11.1 Å². The van der Waals surface area contributed by atoms with Crippen LogP contribution in [0.1, 0.15) is 20.7 Å². The van der Waals surface area contributed by atoms with Crippen LogP contribution in [0.25, 0.3) is 0 Å². The Morgan fingerprint density at radius 2 is 0.960 bits per heavy atom. The Morgan fingerprint density at radius 1 is 0.760 bits per heavy atom. The minimum Gasteiger partial charge on any atom is -0.786 e. The van der Waals surface area contributed by atoms with Crippen molar-refractivity contribution >= 4 is 19.8 Å². The molecule has 0 unspecified atom stereocenters. The van der Waals surface area contributed by atoms with Crippen LogP contribution in [-0.2, 0) is 4.57 Å². The number of carboxylic acid groups (broad SMARTS) is 2. The van der Waals surface area contributed by atoms with Gasteiger partial charge >= 0.3 is 71.1 Å². The van der Waals surface area contributed by atoms with Gasteiger partial charge in [0.25, 0.3) is 0 Å². The zero-order valence-corrected chi connectivity index (χ0v) is 18.4. The van der Waals surface area contributed by atoms with Crippen LogP contribution in [0.15, 0.2) is 60.7 Å². The van der Waals surface area contributed by atoms with Crippen LogP contribution >= 0.6 is 7.91 Å². The van der Waals surface area contributed by atoms with Crippen LogP contribution in [-0.4, -0.2) is 22.2 Å². The van der Waals surface area contributed by atoms with Crippen molar-refractivity contribution in [1.82, 2.24) is 0 Å². The average molecular weight is 388 g/mol. The molecule has 0 bridgehead atoms. The Hall–Kier alpha value is -0.540. The second kappa shape index (κ2) is 15.7. The molecule has 0 aliphatic rings. The Kier molecular flexibility index (Phi) is 18.4. The fraction of sp³-hybridized carbons (Fsp3) is 0. The molecule has 2 rings (SSSR count). The molecule has 0 aromatic heterocycles. The first kappa shape index (κ1) is 29.2. The smallest absolute Gasteiger partial charge is 0.786 e. The summed E-state index contributed by atoms with van der Waals surface area (Å²) in [4.78, 5) is 37.3. The van der Waals surface area contributed by atoms with Crippen molar-refractivity contribution in [1.29, 1.82) is 0 Å². The second-order valence-corrected chi connectivity index (χ2v) is 4.63. The second-order valence-electron chi connectivity index (χ2n) is 3.77. The van der Waals surface area contributed by atoms with Crippen molar-refractivity contribution in [2.75, 3.05) is 0 Å². The first-order valence-electron chi connectivity index (χ1n) is 5.89. The first-order valence-corrected chi connectivity index (χ1v) is 7.33. The summed E-state index contributed by atoms with van der Waals surface area (Å²) in [6, 6.07) is 16.6. The quantitative estimate of drug-likeness (QED) is 0.391. The van der Waals surface area contributed by atoms with E-state index in [1.165, 1.54) is 0 Å². The van der Waals surface area contributed by atoms with Crippen molar-refractivity contribution in [2.24, 2.45) is 0 Å². The number of rotatable bonds is 2. The molecule has 0 radical (unpaired) electrons. The minimum absolute atomic E-state index is 0. The third-order valence-electron chi connectivity index (χ3n) is 2.04. The number of carbonyl (C=O) groups is 2. The largest absolute Gasteiger partial charge is 1.00 e. The summed E-state index contributed by atoms with van der Waals surface area (Å²) in [7, 11) is -5.64. The molecule has 2 aromatic carbocycles. The van der Waals surface area contributed by atoms with Crippen molar-refractivity contribution < 1.29 is 97.5 Å². The van der Waals surface area contributed by atoms with E-state index in [0.717, 1.165) is 0 Å². The van der Waals surface area contributed by atoms with Gasteiger partial charge < -0.3 is 24.6 Å². The summed E-state index contributed by atoms with van der Waals surface area (Å²) >= 11 is 0. The maximum absolute atomic E-state index is 10.2. The maximum Gasteiger partial charge on any atom is 1.00 e. The molecule has 7 nitrogen and oxygen atoms in total. The molecule has 0 spiro atoms. The van der Waals surface area contributed by atoms with E-state index in [1.807, 2.05) is 0 Å². The van der Waals surface area contributed by atoms with E-state index in [2.05, 4.69) is 0 Å². The third kappa shape index (κ3) is 19.6. The standard InChI is InChI=1S/2C7H6O2.FH2O3P.2Na/c2*8-7(9)6-4-2-1-3-5-6;1-5(2,3)4;;/h2*1-5H,(H,8,9);(H2,2,3,4);;/q;;;2*+1/p-2. The van der Waals surface area contributed by atoms with Gasteiger partial charge in [-0.15, -0.1) is 0 Å². The number of hydrogen-bond acceptors (Lipinski definition) is 5. The molecule has 0 amide bonds. The number of carboxylic acids is 2. The molecule has 2 N–H and O–H groups in total. The molecule has 0 aliphatic heterocycles. The van der Waals surface area contributed by atoms with E-state index in [-0.39, 0.29) is 59.1 Å². The Bertz CT molecular complexity index is 608. The van der Waals surface area contributed by atoms with Crippen molar-refractivity contribution in [2.45, 2.75) is 0 Å². The van der Waals surface area contributed by atoms with Crippen molar-refractivity contribution in [3.05, 3.63) is 71.8 Å². The van der Waals surface area contributed by atoms with Crippen molar-refractivity contribution in [3.8, 4) is 0 Å². The summed E-state index contributed by atoms with van der Waals surface area (Å²) in [5, 5.41) is 16.8. The molecule has 124 valence electrons. The predicted octanol–water partition coefficient (Wildman–Crippen LogP) is -4.44. The molecule has 0 saturated heterocycles. The Morgan fingerprint density at radius 3 is 1.08 bits per heavy atom. The van der Waals surface area contributed by atoms with E-state index in [4.69, 9.17) is 24.6 Å². The van der Waals surface area contributed by atoms with Crippen molar-refractivity contribution in [3.63, 3.8) is 0 Å². The number of hydrogen-bond donors (Lipinski definition) is 2. The molecule has 11 heteroatoms. The number of halogens is 1. The molecule has 25 heavy (non-hydrogen) atoms. The van der Waals surface area contributed by atoms with Crippen LogP contribution in [0.2, 0.25) is 0 Å². The van der Waals surface area contributed by atoms with Gasteiger partial charge in [0, 0.05) is 0 Å². The third-order valence-corrected chi connectivity index (χ3v) is 2.04. The summed E-state index contributed by atoms with van der Waals surface area (Å²) in [6.07, 6.45) is 0. The van der Waals surface area contributed by atoms with Gasteiger partial charge in [-0.05, 0) is 24.3 Å². The SMILES string of the molecule is O=C(O)c1ccccc1.O=C(O)c1ccccc1.O=P([O-])([O-])F.[Na+].[Na+]. The molecule has 0 aliphatic carbocycles. The number of benzene rings is 2. The van der Waals surface area contributed by atoms with Crippen LogP contribution in [0.3, 0.4) is 0 Å². The summed E-state index contributed by atoms with van der Waals surface area (Å²) in [6.45, 7) is 0. The van der Waals surface area contributed by atoms with Gasteiger partial charge in [-0.1, -0.05) is 36.4 Å². The molecule has 0 heterocycles. The molecular weight excluding hydrogens is 376 g/mol. The average Bonchev–Trinajstić information content (AvgIpc) is 2.48. The van der Waals surface area contributed by atoms with Gasteiger partial charge in [-0.25, -0.2) is 13.8 Å².